The van der Waals surface area contributed by atoms with Gasteiger partial charge in [0.2, 0.25) is 5.88 Å². The van der Waals surface area contributed by atoms with Gasteiger partial charge < -0.3 is 9.57 Å². The normalized spacial score (nSPS) is 16.1. The van der Waals surface area contributed by atoms with Gasteiger partial charge in [0.05, 0.1) is 10.7 Å². The zero-order chi connectivity index (χ0) is 17.9. The summed E-state index contributed by atoms with van der Waals surface area (Å²) in [7, 11) is 0. The van der Waals surface area contributed by atoms with E-state index in [2.05, 4.69) is 10.1 Å². The molecule has 0 saturated carbocycles. The van der Waals surface area contributed by atoms with Gasteiger partial charge in [-0.25, -0.2) is 4.98 Å². The second-order valence-electron chi connectivity index (χ2n) is 5.82. The molecule has 130 valence electrons. The van der Waals surface area contributed by atoms with Gasteiger partial charge in [0.1, 0.15) is 10.8 Å². The van der Waals surface area contributed by atoms with Crippen molar-refractivity contribution in [2.24, 2.45) is 5.16 Å². The number of rotatable bonds is 4. The molecule has 0 N–H and O–H groups in total. The van der Waals surface area contributed by atoms with E-state index in [9.17, 15) is 0 Å². The maximum absolute atomic E-state index is 6.12. The Morgan fingerprint density at radius 1 is 1.00 bits per heavy atom. The third-order valence-corrected chi connectivity index (χ3v) is 4.47. The van der Waals surface area contributed by atoms with Crippen molar-refractivity contribution < 1.29 is 9.57 Å². The van der Waals surface area contributed by atoms with Crippen molar-refractivity contribution in [1.82, 2.24) is 4.98 Å². The summed E-state index contributed by atoms with van der Waals surface area (Å²) < 4.78 is 5.78. The van der Waals surface area contributed by atoms with Crippen molar-refractivity contribution in [3.63, 3.8) is 0 Å². The van der Waals surface area contributed by atoms with Gasteiger partial charge in [-0.05, 0) is 23.8 Å². The number of oxime groups is 1. The van der Waals surface area contributed by atoms with E-state index in [1.807, 2.05) is 54.6 Å². The zero-order valence-electron chi connectivity index (χ0n) is 13.6. The first-order valence-electron chi connectivity index (χ1n) is 8.06. The van der Waals surface area contributed by atoms with Crippen molar-refractivity contribution in [3.8, 4) is 11.6 Å². The van der Waals surface area contributed by atoms with E-state index in [4.69, 9.17) is 32.8 Å². The van der Waals surface area contributed by atoms with Gasteiger partial charge in [-0.15, -0.1) is 0 Å². The van der Waals surface area contributed by atoms with Crippen LogP contribution in [0.1, 0.15) is 23.7 Å². The molecule has 0 spiro atoms. The third-order valence-electron chi connectivity index (χ3n) is 4.00. The predicted molar refractivity (Wildman–Crippen MR) is 102 cm³/mol. The van der Waals surface area contributed by atoms with E-state index >= 15 is 0 Å². The van der Waals surface area contributed by atoms with Crippen LogP contribution in [0.3, 0.4) is 0 Å². The molecule has 0 bridgehead atoms. The van der Waals surface area contributed by atoms with Crippen molar-refractivity contribution in [2.45, 2.75) is 12.5 Å². The lowest BCUT2D eigenvalue weighted by atomic mass is 10.0. The second kappa shape index (κ2) is 7.36. The van der Waals surface area contributed by atoms with E-state index in [1.165, 1.54) is 6.20 Å². The van der Waals surface area contributed by atoms with Crippen LogP contribution in [-0.4, -0.2) is 10.7 Å². The predicted octanol–water partition coefficient (Wildman–Crippen LogP) is 6.05. The Bertz CT molecular complexity index is 961. The molecule has 26 heavy (non-hydrogen) atoms. The van der Waals surface area contributed by atoms with Gasteiger partial charge in [-0.1, -0.05) is 70.8 Å². The first kappa shape index (κ1) is 16.9. The number of hydrogen-bond acceptors (Lipinski definition) is 4. The molecule has 1 aliphatic rings. The lowest BCUT2D eigenvalue weighted by Crippen LogP contribution is -2.01. The third kappa shape index (κ3) is 3.66. The van der Waals surface area contributed by atoms with Crippen LogP contribution in [0.15, 0.2) is 72.0 Å². The van der Waals surface area contributed by atoms with Crippen molar-refractivity contribution >= 4 is 28.9 Å². The molecule has 3 aromatic rings. The molecule has 0 radical (unpaired) electrons. The summed E-state index contributed by atoms with van der Waals surface area (Å²) in [5.41, 5.74) is 2.92. The molecule has 1 aromatic heterocycles. The highest BCUT2D eigenvalue weighted by molar-refractivity contribution is 6.35. The van der Waals surface area contributed by atoms with Crippen LogP contribution in [0, 0.1) is 0 Å². The first-order chi connectivity index (χ1) is 12.7. The zero-order valence-corrected chi connectivity index (χ0v) is 15.1. The van der Waals surface area contributed by atoms with Crippen LogP contribution in [0.5, 0.6) is 11.6 Å². The largest absolute Gasteiger partial charge is 0.438 e. The molecule has 2 heterocycles. The average molecular weight is 385 g/mol. The average Bonchev–Trinajstić information content (AvgIpc) is 3.15. The molecular formula is C20H14Cl2N2O2. The molecule has 0 fully saturated rings. The number of pyridine rings is 1. The van der Waals surface area contributed by atoms with Crippen LogP contribution in [0.2, 0.25) is 10.0 Å². The highest BCUT2D eigenvalue weighted by atomic mass is 35.5. The Labute approximate surface area is 161 Å². The van der Waals surface area contributed by atoms with Crippen molar-refractivity contribution in [1.29, 1.82) is 0 Å². The minimum absolute atomic E-state index is 0.0665. The lowest BCUT2D eigenvalue weighted by molar-refractivity contribution is 0.0857. The van der Waals surface area contributed by atoms with E-state index in [1.54, 1.807) is 6.07 Å². The number of benzene rings is 2. The van der Waals surface area contributed by atoms with Gasteiger partial charge in [-0.2, -0.15) is 0 Å². The fraction of sp³-hybridized carbons (Fsp3) is 0.100. The minimum Gasteiger partial charge on any atom is -0.438 e. The van der Waals surface area contributed by atoms with Gasteiger partial charge in [0.25, 0.3) is 0 Å². The monoisotopic (exact) mass is 384 g/mol. The van der Waals surface area contributed by atoms with E-state index < -0.39 is 0 Å². The second-order valence-corrected chi connectivity index (χ2v) is 6.66. The van der Waals surface area contributed by atoms with Crippen molar-refractivity contribution in [2.75, 3.05) is 0 Å². The van der Waals surface area contributed by atoms with Crippen LogP contribution in [0.4, 0.5) is 0 Å². The summed E-state index contributed by atoms with van der Waals surface area (Å²) in [6, 6.07) is 19.2. The summed E-state index contributed by atoms with van der Waals surface area (Å²) >= 11 is 12.0. The van der Waals surface area contributed by atoms with Gasteiger partial charge in [-0.3, -0.25) is 0 Å². The molecule has 1 aliphatic heterocycles. The van der Waals surface area contributed by atoms with Gasteiger partial charge in [0.15, 0.2) is 6.10 Å². The number of nitrogens with zero attached hydrogens (tertiary/aromatic N) is 2. The molecule has 1 unspecified atom stereocenters. The topological polar surface area (TPSA) is 43.7 Å². The smallest absolute Gasteiger partial charge is 0.238 e. The molecule has 0 saturated heterocycles. The number of hydrogen-bond donors (Lipinski definition) is 0. The minimum atomic E-state index is -0.0665. The molecule has 0 aliphatic carbocycles. The Balaban J connectivity index is 1.51. The fourth-order valence-corrected chi connectivity index (χ4v) is 3.14. The van der Waals surface area contributed by atoms with Gasteiger partial charge in [0, 0.05) is 18.2 Å². The van der Waals surface area contributed by atoms with Crippen LogP contribution >= 0.6 is 23.2 Å². The fourth-order valence-electron chi connectivity index (χ4n) is 2.72. The highest BCUT2D eigenvalue weighted by Gasteiger charge is 2.23. The first-order valence-corrected chi connectivity index (χ1v) is 8.81. The SMILES string of the molecule is Clc1cnc(Oc2cccc(C3=NOC(c4ccccc4)C3)c2)c(Cl)c1. The summed E-state index contributed by atoms with van der Waals surface area (Å²) in [6.07, 6.45) is 2.13. The molecule has 6 heteroatoms. The Morgan fingerprint density at radius 3 is 2.65 bits per heavy atom. The molecule has 4 rings (SSSR count). The highest BCUT2D eigenvalue weighted by Crippen LogP contribution is 2.32. The number of halogens is 2. The van der Waals surface area contributed by atoms with Gasteiger partial charge >= 0.3 is 0 Å². The molecule has 0 amide bonds. The molecule has 1 atom stereocenters. The summed E-state index contributed by atoms with van der Waals surface area (Å²) in [6.45, 7) is 0. The Hall–Kier alpha value is -2.56. The molecule has 2 aromatic carbocycles. The number of ether oxygens (including phenoxy) is 1. The maximum atomic E-state index is 6.12. The standard InChI is InChI=1S/C20H14Cl2N2O2/c21-15-10-17(22)20(23-12-15)25-16-8-4-7-14(9-16)18-11-19(26-24-18)13-5-2-1-3-6-13/h1-10,12,19H,11H2. The van der Waals surface area contributed by atoms with E-state index in [-0.39, 0.29) is 6.10 Å². The number of aromatic nitrogens is 1. The quantitative estimate of drug-likeness (QED) is 0.549. The molecular weight excluding hydrogens is 371 g/mol. The van der Waals surface area contributed by atoms with Crippen LogP contribution in [0.25, 0.3) is 0 Å². The van der Waals surface area contributed by atoms with E-state index in [0.29, 0.717) is 28.1 Å². The summed E-state index contributed by atoms with van der Waals surface area (Å²) in [5, 5.41) is 5.06. The Morgan fingerprint density at radius 2 is 1.85 bits per heavy atom. The van der Waals surface area contributed by atoms with Crippen LogP contribution in [-0.2, 0) is 4.84 Å². The van der Waals surface area contributed by atoms with Crippen molar-refractivity contribution in [3.05, 3.63) is 88.0 Å². The Kier molecular flexibility index (Phi) is 4.78. The maximum Gasteiger partial charge on any atom is 0.238 e. The summed E-state index contributed by atoms with van der Waals surface area (Å²) in [5.74, 6) is 0.921. The molecule has 4 nitrogen and oxygen atoms in total. The van der Waals surface area contributed by atoms with Crippen LogP contribution < -0.4 is 4.74 Å². The van der Waals surface area contributed by atoms with E-state index in [0.717, 1.165) is 16.8 Å². The lowest BCUT2D eigenvalue weighted by Gasteiger charge is -2.09. The summed E-state index contributed by atoms with van der Waals surface area (Å²) in [4.78, 5) is 9.71.